The van der Waals surface area contributed by atoms with E-state index in [1.165, 1.54) is 0 Å². The van der Waals surface area contributed by atoms with E-state index in [9.17, 15) is 4.79 Å². The van der Waals surface area contributed by atoms with Crippen LogP contribution in [-0.4, -0.2) is 38.0 Å². The highest BCUT2D eigenvalue weighted by atomic mass is 16.2. The molecule has 0 bridgehead atoms. The highest BCUT2D eigenvalue weighted by molar-refractivity contribution is 5.82. The average Bonchev–Trinajstić information content (AvgIpc) is 2.29. The summed E-state index contributed by atoms with van der Waals surface area (Å²) < 4.78 is 0. The molecule has 17 heavy (non-hydrogen) atoms. The molecule has 0 saturated carbocycles. The molecule has 1 aromatic carbocycles. The number of hydrogen-bond acceptors (Lipinski definition) is 3. The summed E-state index contributed by atoms with van der Waals surface area (Å²) in [5, 5.41) is 0. The van der Waals surface area contributed by atoms with Gasteiger partial charge in [0, 0.05) is 20.6 Å². The van der Waals surface area contributed by atoms with Crippen LogP contribution in [0.25, 0.3) is 0 Å². The molecular formula is C13H21N3O. The number of anilines is 2. The molecule has 0 unspecified atom stereocenters. The maximum atomic E-state index is 11.7. The maximum Gasteiger partial charge on any atom is 0.241 e. The van der Waals surface area contributed by atoms with Crippen molar-refractivity contribution in [1.29, 1.82) is 0 Å². The molecule has 0 fully saturated rings. The zero-order valence-electron chi connectivity index (χ0n) is 11.0. The van der Waals surface area contributed by atoms with Gasteiger partial charge in [-0.05, 0) is 31.5 Å². The van der Waals surface area contributed by atoms with Gasteiger partial charge < -0.3 is 15.5 Å². The second-order valence-corrected chi connectivity index (χ2v) is 4.36. The number of amides is 1. The lowest BCUT2D eigenvalue weighted by atomic mass is 10.1. The van der Waals surface area contributed by atoms with Gasteiger partial charge in [0.2, 0.25) is 5.91 Å². The predicted octanol–water partition coefficient (Wildman–Crippen LogP) is 1.49. The molecule has 1 amide bonds. The molecule has 0 spiro atoms. The average molecular weight is 235 g/mol. The van der Waals surface area contributed by atoms with Gasteiger partial charge in [-0.15, -0.1) is 0 Å². The summed E-state index contributed by atoms with van der Waals surface area (Å²) in [5.41, 5.74) is 8.74. The molecule has 1 rings (SSSR count). The van der Waals surface area contributed by atoms with E-state index in [1.807, 2.05) is 36.9 Å². The van der Waals surface area contributed by atoms with Crippen molar-refractivity contribution in [2.24, 2.45) is 0 Å². The Kier molecular flexibility index (Phi) is 4.37. The summed E-state index contributed by atoms with van der Waals surface area (Å²) in [4.78, 5) is 15.3. The number of nitrogens with zero attached hydrogens (tertiary/aromatic N) is 2. The van der Waals surface area contributed by atoms with Crippen molar-refractivity contribution in [3.63, 3.8) is 0 Å². The Hall–Kier alpha value is -1.71. The van der Waals surface area contributed by atoms with E-state index in [0.29, 0.717) is 12.2 Å². The minimum Gasteiger partial charge on any atom is -0.397 e. The molecule has 0 aromatic heterocycles. The fourth-order valence-electron chi connectivity index (χ4n) is 1.60. The zero-order valence-corrected chi connectivity index (χ0v) is 11.0. The number of carbonyl (C=O) groups excluding carboxylic acids is 1. The van der Waals surface area contributed by atoms with Crippen molar-refractivity contribution >= 4 is 17.3 Å². The summed E-state index contributed by atoms with van der Waals surface area (Å²) >= 11 is 0. The first-order chi connectivity index (χ1) is 7.95. The van der Waals surface area contributed by atoms with Gasteiger partial charge in [-0.3, -0.25) is 4.79 Å². The van der Waals surface area contributed by atoms with Gasteiger partial charge in [-0.2, -0.15) is 0 Å². The largest absolute Gasteiger partial charge is 0.397 e. The van der Waals surface area contributed by atoms with Crippen molar-refractivity contribution in [2.45, 2.75) is 13.8 Å². The van der Waals surface area contributed by atoms with Gasteiger partial charge in [0.05, 0.1) is 17.9 Å². The number of likely N-dealkylation sites (N-methyl/N-ethyl adjacent to an activating group) is 2. The summed E-state index contributed by atoms with van der Waals surface area (Å²) in [6, 6.07) is 5.87. The van der Waals surface area contributed by atoms with Crippen LogP contribution in [0, 0.1) is 6.92 Å². The standard InChI is InChI=1S/C13H21N3O/c1-5-16(9-13(17)15(3)4)12-8-10(2)6-7-11(12)14/h6-8H,5,9,14H2,1-4H3. The van der Waals surface area contributed by atoms with E-state index in [2.05, 4.69) is 0 Å². The molecule has 1 aromatic rings. The summed E-state index contributed by atoms with van der Waals surface area (Å²) in [6.07, 6.45) is 0. The van der Waals surface area contributed by atoms with Crippen LogP contribution in [0.4, 0.5) is 11.4 Å². The SMILES string of the molecule is CCN(CC(=O)N(C)C)c1cc(C)ccc1N. The Morgan fingerprint density at radius 2 is 2.00 bits per heavy atom. The first-order valence-corrected chi connectivity index (χ1v) is 5.77. The third kappa shape index (κ3) is 3.37. The number of nitrogen functional groups attached to an aromatic ring is 1. The molecule has 0 heterocycles. The highest BCUT2D eigenvalue weighted by Gasteiger charge is 2.13. The molecule has 0 saturated heterocycles. The molecule has 2 N–H and O–H groups in total. The number of rotatable bonds is 4. The second-order valence-electron chi connectivity index (χ2n) is 4.36. The predicted molar refractivity (Wildman–Crippen MR) is 72.2 cm³/mol. The van der Waals surface area contributed by atoms with Crippen LogP contribution >= 0.6 is 0 Å². The Bertz CT molecular complexity index is 402. The first kappa shape index (κ1) is 13.4. The molecule has 0 radical (unpaired) electrons. The lowest BCUT2D eigenvalue weighted by Crippen LogP contribution is -2.36. The van der Waals surface area contributed by atoms with Crippen LogP contribution < -0.4 is 10.6 Å². The zero-order chi connectivity index (χ0) is 13.0. The van der Waals surface area contributed by atoms with Crippen LogP contribution in [0.5, 0.6) is 0 Å². The number of aryl methyl sites for hydroxylation is 1. The smallest absolute Gasteiger partial charge is 0.241 e. The highest BCUT2D eigenvalue weighted by Crippen LogP contribution is 2.24. The van der Waals surface area contributed by atoms with Gasteiger partial charge in [-0.1, -0.05) is 6.07 Å². The molecule has 94 valence electrons. The van der Waals surface area contributed by atoms with Crippen LogP contribution in [0.2, 0.25) is 0 Å². The summed E-state index contributed by atoms with van der Waals surface area (Å²) in [6.45, 7) is 5.15. The lowest BCUT2D eigenvalue weighted by molar-refractivity contribution is -0.127. The van der Waals surface area contributed by atoms with Gasteiger partial charge in [-0.25, -0.2) is 0 Å². The minimum absolute atomic E-state index is 0.0766. The molecule has 0 aliphatic carbocycles. The molecule has 4 heteroatoms. The van der Waals surface area contributed by atoms with Crippen LogP contribution in [-0.2, 0) is 4.79 Å². The van der Waals surface area contributed by atoms with Crippen LogP contribution in [0.1, 0.15) is 12.5 Å². The van der Waals surface area contributed by atoms with Gasteiger partial charge in [0.15, 0.2) is 0 Å². The Morgan fingerprint density at radius 3 is 2.53 bits per heavy atom. The molecule has 0 aliphatic rings. The van der Waals surface area contributed by atoms with Crippen LogP contribution in [0.3, 0.4) is 0 Å². The topological polar surface area (TPSA) is 49.6 Å². The fraction of sp³-hybridized carbons (Fsp3) is 0.462. The Labute approximate surface area is 103 Å². The third-order valence-corrected chi connectivity index (χ3v) is 2.73. The Morgan fingerprint density at radius 1 is 1.35 bits per heavy atom. The molecule has 0 atom stereocenters. The molecule has 0 aliphatic heterocycles. The van der Waals surface area contributed by atoms with Gasteiger partial charge in [0.1, 0.15) is 0 Å². The number of benzene rings is 1. The van der Waals surface area contributed by atoms with Crippen molar-refractivity contribution in [1.82, 2.24) is 4.90 Å². The van der Waals surface area contributed by atoms with Gasteiger partial charge in [0.25, 0.3) is 0 Å². The van der Waals surface area contributed by atoms with E-state index < -0.39 is 0 Å². The van der Waals surface area contributed by atoms with Crippen molar-refractivity contribution in [2.75, 3.05) is 37.8 Å². The van der Waals surface area contributed by atoms with E-state index in [4.69, 9.17) is 5.73 Å². The summed E-state index contributed by atoms with van der Waals surface area (Å²) in [5.74, 6) is 0.0766. The summed E-state index contributed by atoms with van der Waals surface area (Å²) in [7, 11) is 3.52. The van der Waals surface area contributed by atoms with E-state index >= 15 is 0 Å². The van der Waals surface area contributed by atoms with Gasteiger partial charge >= 0.3 is 0 Å². The third-order valence-electron chi connectivity index (χ3n) is 2.73. The normalized spacial score (nSPS) is 10.1. The van der Waals surface area contributed by atoms with E-state index in [-0.39, 0.29) is 5.91 Å². The quantitative estimate of drug-likeness (QED) is 0.804. The molecule has 4 nitrogen and oxygen atoms in total. The number of nitrogens with two attached hydrogens (primary N) is 1. The van der Waals surface area contributed by atoms with E-state index in [0.717, 1.165) is 17.8 Å². The monoisotopic (exact) mass is 235 g/mol. The van der Waals surface area contributed by atoms with Crippen molar-refractivity contribution in [3.05, 3.63) is 23.8 Å². The fourth-order valence-corrected chi connectivity index (χ4v) is 1.60. The molecular weight excluding hydrogens is 214 g/mol. The first-order valence-electron chi connectivity index (χ1n) is 5.77. The Balaban J connectivity index is 2.93. The van der Waals surface area contributed by atoms with Crippen molar-refractivity contribution < 1.29 is 4.79 Å². The lowest BCUT2D eigenvalue weighted by Gasteiger charge is -2.25. The maximum absolute atomic E-state index is 11.7. The van der Waals surface area contributed by atoms with E-state index in [1.54, 1.807) is 19.0 Å². The number of hydrogen-bond donors (Lipinski definition) is 1. The minimum atomic E-state index is 0.0766. The van der Waals surface area contributed by atoms with Crippen LogP contribution in [0.15, 0.2) is 18.2 Å². The van der Waals surface area contributed by atoms with Crippen molar-refractivity contribution in [3.8, 4) is 0 Å². The second kappa shape index (κ2) is 5.57. The number of carbonyl (C=O) groups is 1.